The number of para-hydroxylation sites is 2. The molecule has 1 aromatic heterocycles. The molecule has 0 aliphatic carbocycles. The van der Waals surface area contributed by atoms with Crippen molar-refractivity contribution in [1.82, 2.24) is 4.90 Å². The van der Waals surface area contributed by atoms with Crippen LogP contribution in [-0.4, -0.2) is 31.0 Å². The predicted octanol–water partition coefficient (Wildman–Crippen LogP) is 4.34. The van der Waals surface area contributed by atoms with Crippen molar-refractivity contribution in [1.29, 1.82) is 0 Å². The highest BCUT2D eigenvalue weighted by Crippen LogP contribution is 2.37. The molecule has 0 fully saturated rings. The first-order valence-electron chi connectivity index (χ1n) is 9.04. The third kappa shape index (κ3) is 3.75. The molecule has 5 heteroatoms. The van der Waals surface area contributed by atoms with Crippen molar-refractivity contribution in [2.45, 2.75) is 12.5 Å². The van der Waals surface area contributed by atoms with Crippen LogP contribution in [0.2, 0.25) is 0 Å². The van der Waals surface area contributed by atoms with Crippen molar-refractivity contribution >= 4 is 22.9 Å². The third-order valence-electron chi connectivity index (χ3n) is 4.91. The zero-order valence-electron chi connectivity index (χ0n) is 15.2. The van der Waals surface area contributed by atoms with Crippen molar-refractivity contribution in [3.8, 4) is 5.75 Å². The Kier molecular flexibility index (Phi) is 5.23. The largest absolute Gasteiger partial charge is 0.495 e. The fraction of sp³-hybridized carbons (Fsp3) is 0.227. The molecule has 0 bridgehead atoms. The summed E-state index contributed by atoms with van der Waals surface area (Å²) < 4.78 is 5.34. The first-order chi connectivity index (χ1) is 13.3. The number of nitrogens with zero attached hydrogens (tertiary/aromatic N) is 1. The third-order valence-corrected chi connectivity index (χ3v) is 5.91. The summed E-state index contributed by atoms with van der Waals surface area (Å²) in [6, 6.07) is 20.2. The van der Waals surface area contributed by atoms with E-state index in [-0.39, 0.29) is 11.9 Å². The molecule has 3 aromatic rings. The number of hydrogen-bond acceptors (Lipinski definition) is 4. The van der Waals surface area contributed by atoms with Crippen LogP contribution < -0.4 is 10.1 Å². The molecule has 1 amide bonds. The number of methoxy groups -OCH3 is 1. The van der Waals surface area contributed by atoms with Crippen molar-refractivity contribution in [2.75, 3.05) is 25.5 Å². The zero-order valence-corrected chi connectivity index (χ0v) is 16.0. The minimum atomic E-state index is -0.0286. The second-order valence-corrected chi connectivity index (χ2v) is 7.58. The van der Waals surface area contributed by atoms with Gasteiger partial charge in [-0.25, -0.2) is 0 Å². The van der Waals surface area contributed by atoms with Crippen LogP contribution in [-0.2, 0) is 11.2 Å². The minimum absolute atomic E-state index is 0.0286. The fourth-order valence-corrected chi connectivity index (χ4v) is 4.59. The summed E-state index contributed by atoms with van der Waals surface area (Å²) in [5.41, 5.74) is 3.25. The van der Waals surface area contributed by atoms with Gasteiger partial charge < -0.3 is 10.1 Å². The molecule has 27 heavy (non-hydrogen) atoms. The minimum Gasteiger partial charge on any atom is -0.495 e. The number of nitrogens with one attached hydrogen (secondary N) is 1. The van der Waals surface area contributed by atoms with E-state index in [0.717, 1.165) is 13.0 Å². The van der Waals surface area contributed by atoms with Gasteiger partial charge in [0.1, 0.15) is 5.75 Å². The quantitative estimate of drug-likeness (QED) is 0.718. The normalized spacial score (nSPS) is 16.6. The molecule has 1 atom stereocenters. The Hall–Kier alpha value is -2.63. The van der Waals surface area contributed by atoms with Gasteiger partial charge in [-0.15, -0.1) is 11.3 Å². The summed E-state index contributed by atoms with van der Waals surface area (Å²) in [5.74, 6) is 0.642. The van der Waals surface area contributed by atoms with E-state index >= 15 is 0 Å². The number of carbonyl (C=O) groups is 1. The van der Waals surface area contributed by atoms with Gasteiger partial charge in [0.25, 0.3) is 0 Å². The van der Waals surface area contributed by atoms with Crippen LogP contribution in [0.25, 0.3) is 0 Å². The highest BCUT2D eigenvalue weighted by atomic mass is 32.1. The van der Waals surface area contributed by atoms with Crippen LogP contribution in [0.1, 0.15) is 22.0 Å². The highest BCUT2D eigenvalue weighted by molar-refractivity contribution is 7.10. The number of hydrogen-bond donors (Lipinski definition) is 1. The Bertz CT molecular complexity index is 923. The standard InChI is InChI=1S/C22H22N2O2S/c1-26-19-10-6-5-9-18(19)23-21(25)15-24-13-11-20-17(12-14-27-20)22(24)16-7-3-2-4-8-16/h2-10,12,14,22H,11,13,15H2,1H3,(H,23,25)/t22-/m0/s1. The number of thiophene rings is 1. The summed E-state index contributed by atoms with van der Waals surface area (Å²) in [5, 5.41) is 5.15. The molecule has 1 aliphatic heterocycles. The summed E-state index contributed by atoms with van der Waals surface area (Å²) >= 11 is 1.81. The molecular formula is C22H22N2O2S. The topological polar surface area (TPSA) is 41.6 Å². The Morgan fingerprint density at radius 3 is 2.74 bits per heavy atom. The SMILES string of the molecule is COc1ccccc1NC(=O)CN1CCc2sccc2[C@@H]1c1ccccc1. The van der Waals surface area contributed by atoms with E-state index in [2.05, 4.69) is 45.9 Å². The van der Waals surface area contributed by atoms with Crippen LogP contribution in [0.5, 0.6) is 5.75 Å². The van der Waals surface area contributed by atoms with Crippen LogP contribution in [0.15, 0.2) is 66.0 Å². The second kappa shape index (κ2) is 7.94. The maximum Gasteiger partial charge on any atom is 0.238 e. The molecule has 138 valence electrons. The maximum atomic E-state index is 12.8. The number of rotatable bonds is 5. The second-order valence-electron chi connectivity index (χ2n) is 6.58. The van der Waals surface area contributed by atoms with Gasteiger partial charge >= 0.3 is 0 Å². The maximum absolute atomic E-state index is 12.8. The lowest BCUT2D eigenvalue weighted by Crippen LogP contribution is -2.40. The molecule has 4 nitrogen and oxygen atoms in total. The number of ether oxygens (including phenoxy) is 1. The number of fused-ring (bicyclic) bond motifs is 1. The fourth-order valence-electron chi connectivity index (χ4n) is 3.69. The van der Waals surface area contributed by atoms with Gasteiger partial charge in [0.15, 0.2) is 0 Å². The first-order valence-corrected chi connectivity index (χ1v) is 9.92. The van der Waals surface area contributed by atoms with Gasteiger partial charge in [0.05, 0.1) is 25.4 Å². The molecule has 2 heterocycles. The van der Waals surface area contributed by atoms with E-state index in [4.69, 9.17) is 4.74 Å². The Morgan fingerprint density at radius 1 is 1.15 bits per heavy atom. The molecule has 4 rings (SSSR count). The monoisotopic (exact) mass is 378 g/mol. The summed E-state index contributed by atoms with van der Waals surface area (Å²) in [6.45, 7) is 1.21. The average Bonchev–Trinajstić information content (AvgIpc) is 3.17. The Morgan fingerprint density at radius 2 is 1.93 bits per heavy atom. The number of carbonyl (C=O) groups excluding carboxylic acids is 1. The Labute approximate surface area is 163 Å². The van der Waals surface area contributed by atoms with Gasteiger partial charge in [0, 0.05) is 11.4 Å². The molecule has 0 radical (unpaired) electrons. The van der Waals surface area contributed by atoms with Crippen LogP contribution in [0, 0.1) is 0 Å². The van der Waals surface area contributed by atoms with Crippen molar-refractivity contribution in [2.24, 2.45) is 0 Å². The van der Waals surface area contributed by atoms with E-state index in [1.165, 1.54) is 16.0 Å². The van der Waals surface area contributed by atoms with E-state index in [1.54, 1.807) is 7.11 Å². The highest BCUT2D eigenvalue weighted by Gasteiger charge is 2.30. The van der Waals surface area contributed by atoms with E-state index < -0.39 is 0 Å². The van der Waals surface area contributed by atoms with Gasteiger partial charge in [-0.1, -0.05) is 42.5 Å². The number of amides is 1. The van der Waals surface area contributed by atoms with E-state index in [0.29, 0.717) is 18.0 Å². The molecule has 0 saturated carbocycles. The summed E-state index contributed by atoms with van der Waals surface area (Å²) in [7, 11) is 1.61. The lowest BCUT2D eigenvalue weighted by molar-refractivity contribution is -0.117. The number of benzene rings is 2. The molecule has 1 aliphatic rings. The van der Waals surface area contributed by atoms with E-state index in [9.17, 15) is 4.79 Å². The molecular weight excluding hydrogens is 356 g/mol. The first kappa shape index (κ1) is 17.8. The Balaban J connectivity index is 1.56. The summed E-state index contributed by atoms with van der Waals surface area (Å²) in [6.07, 6.45) is 0.984. The van der Waals surface area contributed by atoms with Gasteiger partial charge in [-0.05, 0) is 41.1 Å². The van der Waals surface area contributed by atoms with Crippen LogP contribution in [0.4, 0.5) is 5.69 Å². The van der Waals surface area contributed by atoms with Crippen LogP contribution >= 0.6 is 11.3 Å². The molecule has 2 aromatic carbocycles. The predicted molar refractivity (Wildman–Crippen MR) is 110 cm³/mol. The summed E-state index contributed by atoms with van der Waals surface area (Å²) in [4.78, 5) is 16.5. The van der Waals surface area contributed by atoms with Crippen LogP contribution in [0.3, 0.4) is 0 Å². The van der Waals surface area contributed by atoms with Gasteiger partial charge in [-0.2, -0.15) is 0 Å². The average molecular weight is 378 g/mol. The zero-order chi connectivity index (χ0) is 18.6. The molecule has 1 N–H and O–H groups in total. The van der Waals surface area contributed by atoms with Crippen molar-refractivity contribution in [3.63, 3.8) is 0 Å². The molecule has 0 unspecified atom stereocenters. The lowest BCUT2D eigenvalue weighted by Gasteiger charge is -2.35. The van der Waals surface area contributed by atoms with Gasteiger partial charge in [-0.3, -0.25) is 9.69 Å². The van der Waals surface area contributed by atoms with Gasteiger partial charge in [0.2, 0.25) is 5.91 Å². The van der Waals surface area contributed by atoms with Crippen molar-refractivity contribution in [3.05, 3.63) is 82.0 Å². The van der Waals surface area contributed by atoms with Crippen molar-refractivity contribution < 1.29 is 9.53 Å². The number of anilines is 1. The molecule has 0 saturated heterocycles. The van der Waals surface area contributed by atoms with E-state index in [1.807, 2.05) is 41.7 Å². The molecule has 0 spiro atoms. The smallest absolute Gasteiger partial charge is 0.238 e. The lowest BCUT2D eigenvalue weighted by atomic mass is 9.93.